The van der Waals surface area contributed by atoms with Crippen LogP contribution in [0.5, 0.6) is 0 Å². The van der Waals surface area contributed by atoms with Crippen LogP contribution in [0.15, 0.2) is 35.3 Å². The maximum atomic E-state index is 16.5. The highest BCUT2D eigenvalue weighted by atomic mass is 19.4. The van der Waals surface area contributed by atoms with Gasteiger partial charge in [-0.25, -0.2) is 8.78 Å². The first-order chi connectivity index (χ1) is 23.4. The first-order valence-electron chi connectivity index (χ1n) is 16.2. The lowest BCUT2D eigenvalue weighted by atomic mass is 9.88. The Labute approximate surface area is 290 Å². The molecule has 0 unspecified atom stereocenters. The van der Waals surface area contributed by atoms with Crippen molar-refractivity contribution in [2.75, 3.05) is 20.6 Å². The van der Waals surface area contributed by atoms with Crippen molar-refractivity contribution < 1.29 is 50.1 Å². The molecule has 0 aliphatic carbocycles. The number of halogens is 8. The molecule has 0 spiro atoms. The number of benzene rings is 2. The predicted octanol–water partition coefficient (Wildman–Crippen LogP) is 7.40. The van der Waals surface area contributed by atoms with Crippen LogP contribution in [-0.2, 0) is 23.6 Å². The molecular weight excluding hydrogens is 690 g/mol. The zero-order chi connectivity index (χ0) is 38.7. The minimum Gasteiger partial charge on any atom is -0.368 e. The molecule has 0 saturated carbocycles. The predicted molar refractivity (Wildman–Crippen MR) is 176 cm³/mol. The largest absolute Gasteiger partial charge is 0.419 e. The van der Waals surface area contributed by atoms with Gasteiger partial charge < -0.3 is 25.0 Å². The summed E-state index contributed by atoms with van der Waals surface area (Å²) in [4.78, 5) is 28.9. The van der Waals surface area contributed by atoms with Crippen LogP contribution in [0, 0.1) is 38.3 Å². The topological polar surface area (TPSA) is 94.8 Å². The lowest BCUT2D eigenvalue weighted by molar-refractivity contribution is -0.140. The fourth-order valence-corrected chi connectivity index (χ4v) is 6.36. The van der Waals surface area contributed by atoms with Gasteiger partial charge in [-0.05, 0) is 94.9 Å². The van der Waals surface area contributed by atoms with Crippen LogP contribution >= 0.6 is 0 Å². The van der Waals surface area contributed by atoms with Gasteiger partial charge in [0.2, 0.25) is 5.91 Å². The molecule has 0 aliphatic heterocycles. The Morgan fingerprint density at radius 3 is 1.94 bits per heavy atom. The van der Waals surface area contributed by atoms with Gasteiger partial charge in [0.05, 0.1) is 17.2 Å². The Balaban J connectivity index is 2.27. The summed E-state index contributed by atoms with van der Waals surface area (Å²) in [6.45, 7) is 8.42. The standard InChI is InChI=1S/C36H43F8N3O4/c1-18(2)11-27(47-17-22(9-8-10-46(6)7)24(15-28(47)48)35(39,40)41)34(51)45-26(16-29(49)50)31-32(37)23(14-25(33(31)38)36(42,43)44)30-20(4)12-19(3)13-21(30)5/h12-15,17-18,26-27,29,49-50H,8-11,16H2,1-7H3,(H,45,51)/t26-,27-/m0/s1. The molecule has 0 aliphatic rings. The Hall–Kier alpha value is -3.82. The molecule has 282 valence electrons. The van der Waals surface area contributed by atoms with Crippen molar-refractivity contribution in [2.45, 2.75) is 91.0 Å². The number of nitrogens with zero attached hydrogens (tertiary/aromatic N) is 2. The third-order valence-electron chi connectivity index (χ3n) is 8.45. The Bertz CT molecular complexity index is 1760. The fourth-order valence-electron chi connectivity index (χ4n) is 6.36. The van der Waals surface area contributed by atoms with Gasteiger partial charge in [-0.1, -0.05) is 31.5 Å². The molecule has 0 bridgehead atoms. The van der Waals surface area contributed by atoms with Crippen LogP contribution in [0.3, 0.4) is 0 Å². The molecule has 0 fully saturated rings. The number of aliphatic hydroxyl groups excluding tert-OH is 1. The highest BCUT2D eigenvalue weighted by Gasteiger charge is 2.41. The van der Waals surface area contributed by atoms with Gasteiger partial charge >= 0.3 is 12.4 Å². The molecule has 1 heterocycles. The maximum Gasteiger partial charge on any atom is 0.419 e. The van der Waals surface area contributed by atoms with Crippen molar-refractivity contribution in [3.8, 4) is 11.1 Å². The normalized spacial score (nSPS) is 13.7. The summed E-state index contributed by atoms with van der Waals surface area (Å²) >= 11 is 0. The average molecular weight is 734 g/mol. The Kier molecular flexibility index (Phi) is 13.2. The molecule has 0 radical (unpaired) electrons. The van der Waals surface area contributed by atoms with Crippen molar-refractivity contribution in [3.63, 3.8) is 0 Å². The second kappa shape index (κ2) is 16.2. The quantitative estimate of drug-likeness (QED) is 0.126. The number of hydrogen-bond acceptors (Lipinski definition) is 5. The zero-order valence-electron chi connectivity index (χ0n) is 29.4. The van der Waals surface area contributed by atoms with E-state index >= 15 is 8.78 Å². The van der Waals surface area contributed by atoms with E-state index in [4.69, 9.17) is 0 Å². The number of nitrogens with one attached hydrogen (secondary N) is 1. The van der Waals surface area contributed by atoms with E-state index in [9.17, 15) is 46.1 Å². The molecule has 51 heavy (non-hydrogen) atoms. The van der Waals surface area contributed by atoms with Crippen molar-refractivity contribution in [1.29, 1.82) is 0 Å². The summed E-state index contributed by atoms with van der Waals surface area (Å²) in [5.74, 6) is -5.20. The molecule has 15 heteroatoms. The van der Waals surface area contributed by atoms with Gasteiger partial charge in [-0.3, -0.25) is 9.59 Å². The summed E-state index contributed by atoms with van der Waals surface area (Å²) in [6, 6.07) is 0.0936. The fraction of sp³-hybridized carbons (Fsp3) is 0.500. The minimum atomic E-state index is -5.35. The SMILES string of the molecule is Cc1cc(C)c(-c2cc(C(F)(F)F)c(F)c([C@H](CC(O)O)NC(=O)[C@H](CC(C)C)n3cc(CCCN(C)C)c(C(F)(F)F)cc3=O)c2F)c(C)c1. The third kappa shape index (κ3) is 10.2. The number of pyridine rings is 1. The van der Waals surface area contributed by atoms with Crippen molar-refractivity contribution in [3.05, 3.63) is 91.4 Å². The second-order valence-corrected chi connectivity index (χ2v) is 13.6. The van der Waals surface area contributed by atoms with E-state index in [1.54, 1.807) is 51.9 Å². The summed E-state index contributed by atoms with van der Waals surface area (Å²) in [6.07, 6.45) is -12.9. The van der Waals surface area contributed by atoms with Gasteiger partial charge in [0.25, 0.3) is 5.56 Å². The monoisotopic (exact) mass is 733 g/mol. The number of aliphatic hydroxyl groups is 2. The van der Waals surface area contributed by atoms with E-state index in [-0.39, 0.29) is 30.4 Å². The summed E-state index contributed by atoms with van der Waals surface area (Å²) < 4.78 is 118. The highest BCUT2D eigenvalue weighted by Crippen LogP contribution is 2.42. The highest BCUT2D eigenvalue weighted by molar-refractivity contribution is 5.81. The van der Waals surface area contributed by atoms with E-state index < -0.39 is 88.4 Å². The average Bonchev–Trinajstić information content (AvgIpc) is 2.95. The molecule has 0 saturated heterocycles. The molecule has 2 aromatic carbocycles. The van der Waals surface area contributed by atoms with Crippen LogP contribution < -0.4 is 10.9 Å². The van der Waals surface area contributed by atoms with Gasteiger partial charge in [0, 0.05) is 29.8 Å². The van der Waals surface area contributed by atoms with E-state index in [1.807, 2.05) is 0 Å². The number of amides is 1. The number of aryl methyl sites for hydroxylation is 4. The van der Waals surface area contributed by atoms with E-state index in [0.717, 1.165) is 16.3 Å². The first kappa shape index (κ1) is 41.6. The molecule has 1 amide bonds. The molecule has 7 nitrogen and oxygen atoms in total. The number of aromatic nitrogens is 1. The van der Waals surface area contributed by atoms with Crippen LogP contribution in [0.1, 0.15) is 84.1 Å². The van der Waals surface area contributed by atoms with Gasteiger partial charge in [-0.2, -0.15) is 26.3 Å². The number of alkyl halides is 6. The van der Waals surface area contributed by atoms with Gasteiger partial charge in [-0.15, -0.1) is 0 Å². The molecular formula is C36H43F8N3O4. The van der Waals surface area contributed by atoms with E-state index in [1.165, 1.54) is 13.8 Å². The first-order valence-corrected chi connectivity index (χ1v) is 16.2. The maximum absolute atomic E-state index is 16.5. The van der Waals surface area contributed by atoms with E-state index in [2.05, 4.69) is 5.32 Å². The number of hydrogen-bond donors (Lipinski definition) is 3. The number of carbonyl (C=O) groups is 1. The van der Waals surface area contributed by atoms with Gasteiger partial charge in [0.15, 0.2) is 6.29 Å². The third-order valence-corrected chi connectivity index (χ3v) is 8.45. The lowest BCUT2D eigenvalue weighted by Gasteiger charge is -2.28. The van der Waals surface area contributed by atoms with E-state index in [0.29, 0.717) is 29.8 Å². The Morgan fingerprint density at radius 2 is 1.45 bits per heavy atom. The molecule has 3 N–H and O–H groups in total. The van der Waals surface area contributed by atoms with Crippen LogP contribution in [0.4, 0.5) is 35.1 Å². The van der Waals surface area contributed by atoms with Crippen LogP contribution in [0.2, 0.25) is 0 Å². The minimum absolute atomic E-state index is 0.0234. The van der Waals surface area contributed by atoms with Crippen molar-refractivity contribution in [2.24, 2.45) is 5.92 Å². The summed E-state index contributed by atoms with van der Waals surface area (Å²) in [7, 11) is 3.44. The van der Waals surface area contributed by atoms with Crippen LogP contribution in [0.25, 0.3) is 11.1 Å². The zero-order valence-corrected chi connectivity index (χ0v) is 29.4. The summed E-state index contributed by atoms with van der Waals surface area (Å²) in [5.41, 5.74) is -5.09. The van der Waals surface area contributed by atoms with Crippen molar-refractivity contribution in [1.82, 2.24) is 14.8 Å². The molecule has 1 aromatic heterocycles. The molecule has 3 aromatic rings. The smallest absolute Gasteiger partial charge is 0.368 e. The van der Waals surface area contributed by atoms with Crippen molar-refractivity contribution >= 4 is 5.91 Å². The van der Waals surface area contributed by atoms with Crippen LogP contribution in [-0.4, -0.2) is 52.5 Å². The number of carbonyl (C=O) groups excluding carboxylic acids is 1. The summed E-state index contributed by atoms with van der Waals surface area (Å²) in [5, 5.41) is 22.0. The molecule has 2 atom stereocenters. The lowest BCUT2D eigenvalue weighted by Crippen LogP contribution is -2.41. The Morgan fingerprint density at radius 1 is 0.882 bits per heavy atom. The second-order valence-electron chi connectivity index (χ2n) is 13.6. The molecule has 3 rings (SSSR count). The number of rotatable bonds is 13. The van der Waals surface area contributed by atoms with Gasteiger partial charge in [0.1, 0.15) is 17.7 Å².